The van der Waals surface area contributed by atoms with Gasteiger partial charge in [0.25, 0.3) is 5.91 Å². The van der Waals surface area contributed by atoms with Gasteiger partial charge in [-0.15, -0.1) is 0 Å². The number of carbonyl (C=O) groups is 1. The lowest BCUT2D eigenvalue weighted by molar-refractivity contribution is 0.102. The van der Waals surface area contributed by atoms with Crippen molar-refractivity contribution in [2.45, 2.75) is 0 Å². The summed E-state index contributed by atoms with van der Waals surface area (Å²) < 4.78 is 31.8. The van der Waals surface area contributed by atoms with Gasteiger partial charge in [-0.2, -0.15) is 5.10 Å². The zero-order valence-corrected chi connectivity index (χ0v) is 18.8. The van der Waals surface area contributed by atoms with Crippen molar-refractivity contribution < 1.29 is 23.4 Å². The van der Waals surface area contributed by atoms with Crippen LogP contribution in [0.4, 0.5) is 10.1 Å². The molecule has 0 spiro atoms. The van der Waals surface area contributed by atoms with Crippen molar-refractivity contribution in [1.82, 2.24) is 9.78 Å². The van der Waals surface area contributed by atoms with Gasteiger partial charge in [-0.1, -0.05) is 30.3 Å². The first kappa shape index (κ1) is 23.0. The lowest BCUT2D eigenvalue weighted by Crippen LogP contribution is -2.13. The van der Waals surface area contributed by atoms with Crippen LogP contribution in [0.15, 0.2) is 79.0 Å². The second-order valence-electron chi connectivity index (χ2n) is 7.31. The maximum absolute atomic E-state index is 14.4. The molecule has 7 nitrogen and oxygen atoms in total. The Balaban J connectivity index is 1.67. The number of rotatable bonds is 9. The van der Waals surface area contributed by atoms with Crippen molar-refractivity contribution in [2.24, 2.45) is 0 Å². The van der Waals surface area contributed by atoms with Gasteiger partial charge in [-0.3, -0.25) is 4.79 Å². The summed E-state index contributed by atoms with van der Waals surface area (Å²) in [5.74, 6) is -0.352. The minimum atomic E-state index is -0.584. The van der Waals surface area contributed by atoms with E-state index in [1.807, 2.05) is 48.5 Å². The molecule has 0 unspecified atom stereocenters. The highest BCUT2D eigenvalue weighted by Gasteiger charge is 2.21. The molecule has 3 aromatic carbocycles. The number of nitrogens with one attached hydrogen (secondary N) is 1. The summed E-state index contributed by atoms with van der Waals surface area (Å²) in [6, 6.07) is 21.0. The summed E-state index contributed by atoms with van der Waals surface area (Å²) in [6.45, 7) is 0.565. The third-order valence-corrected chi connectivity index (χ3v) is 5.08. The average Bonchev–Trinajstić information content (AvgIpc) is 3.31. The van der Waals surface area contributed by atoms with Gasteiger partial charge in [0.15, 0.2) is 11.6 Å². The molecule has 0 atom stereocenters. The zero-order chi connectivity index (χ0) is 23.9. The van der Waals surface area contributed by atoms with Crippen molar-refractivity contribution in [1.29, 1.82) is 0 Å². The van der Waals surface area contributed by atoms with E-state index in [1.165, 1.54) is 19.2 Å². The minimum Gasteiger partial charge on any atom is -0.496 e. The molecule has 1 N–H and O–H groups in total. The fourth-order valence-corrected chi connectivity index (χ4v) is 3.42. The molecule has 1 amide bonds. The fourth-order valence-electron chi connectivity index (χ4n) is 3.42. The zero-order valence-electron chi connectivity index (χ0n) is 18.8. The molecule has 1 aromatic heterocycles. The quantitative estimate of drug-likeness (QED) is 0.357. The molecule has 0 saturated carbocycles. The number of methoxy groups -OCH3 is 2. The van der Waals surface area contributed by atoms with Gasteiger partial charge in [0.05, 0.1) is 25.0 Å². The van der Waals surface area contributed by atoms with Gasteiger partial charge in [0, 0.05) is 30.6 Å². The summed E-state index contributed by atoms with van der Waals surface area (Å²) >= 11 is 0. The average molecular weight is 461 g/mol. The topological polar surface area (TPSA) is 74.6 Å². The largest absolute Gasteiger partial charge is 0.496 e. The molecule has 0 saturated heterocycles. The van der Waals surface area contributed by atoms with Gasteiger partial charge in [-0.05, 0) is 36.4 Å². The van der Waals surface area contributed by atoms with E-state index < -0.39 is 11.7 Å². The van der Waals surface area contributed by atoms with Crippen LogP contribution in [-0.4, -0.2) is 43.1 Å². The second-order valence-corrected chi connectivity index (χ2v) is 7.31. The predicted molar refractivity (Wildman–Crippen MR) is 127 cm³/mol. The summed E-state index contributed by atoms with van der Waals surface area (Å²) in [7, 11) is 3.10. The summed E-state index contributed by atoms with van der Waals surface area (Å²) in [5, 5.41) is 7.42. The number of amides is 1. The molecule has 0 bridgehead atoms. The van der Waals surface area contributed by atoms with Crippen LogP contribution in [-0.2, 0) is 4.74 Å². The Bertz CT molecular complexity index is 1270. The smallest absolute Gasteiger partial charge is 0.259 e. The Morgan fingerprint density at radius 2 is 1.74 bits per heavy atom. The highest BCUT2D eigenvalue weighted by atomic mass is 19.1. The molecular weight excluding hydrogens is 437 g/mol. The first-order valence-corrected chi connectivity index (χ1v) is 10.6. The fraction of sp³-hybridized carbons (Fsp3) is 0.154. The van der Waals surface area contributed by atoms with Crippen LogP contribution in [0.2, 0.25) is 0 Å². The van der Waals surface area contributed by atoms with E-state index in [0.29, 0.717) is 34.9 Å². The standard InChI is InChI=1S/C26H24FN3O4/c1-32-14-15-34-24-13-12-18(16-22(24)27)28-26(31)21-17-30(19-8-4-3-5-9-19)29-25(21)20-10-6-7-11-23(20)33-2/h3-13,16-17H,14-15H2,1-2H3,(H,28,31). The maximum Gasteiger partial charge on any atom is 0.259 e. The molecule has 0 aliphatic heterocycles. The third kappa shape index (κ3) is 5.07. The Morgan fingerprint density at radius 3 is 2.47 bits per heavy atom. The minimum absolute atomic E-state index is 0.0849. The number of hydrogen-bond acceptors (Lipinski definition) is 5. The van der Waals surface area contributed by atoms with E-state index in [9.17, 15) is 9.18 Å². The number of nitrogens with zero attached hydrogens (tertiary/aromatic N) is 2. The van der Waals surface area contributed by atoms with E-state index in [1.54, 1.807) is 30.1 Å². The molecular formula is C26H24FN3O4. The normalized spacial score (nSPS) is 10.7. The van der Waals surface area contributed by atoms with E-state index in [2.05, 4.69) is 10.4 Å². The summed E-state index contributed by atoms with van der Waals surface area (Å²) in [6.07, 6.45) is 1.64. The highest BCUT2D eigenvalue weighted by molar-refractivity contribution is 6.08. The Labute approximate surface area is 196 Å². The van der Waals surface area contributed by atoms with Crippen molar-refractivity contribution in [3.8, 4) is 28.4 Å². The molecule has 0 aliphatic rings. The first-order chi connectivity index (χ1) is 16.6. The molecule has 8 heteroatoms. The Hall–Kier alpha value is -4.17. The van der Waals surface area contributed by atoms with Crippen molar-refractivity contribution in [2.75, 3.05) is 32.8 Å². The van der Waals surface area contributed by atoms with Crippen LogP contribution < -0.4 is 14.8 Å². The highest BCUT2D eigenvalue weighted by Crippen LogP contribution is 2.32. The predicted octanol–water partition coefficient (Wildman–Crippen LogP) is 4.96. The number of benzene rings is 3. The van der Waals surface area contributed by atoms with Crippen molar-refractivity contribution in [3.63, 3.8) is 0 Å². The Morgan fingerprint density at radius 1 is 0.971 bits per heavy atom. The van der Waals surface area contributed by atoms with Crippen LogP contribution in [0.25, 0.3) is 16.9 Å². The molecule has 0 radical (unpaired) electrons. The molecule has 4 aromatic rings. The van der Waals surface area contributed by atoms with Gasteiger partial charge in [0.2, 0.25) is 0 Å². The lowest BCUT2D eigenvalue weighted by atomic mass is 10.1. The monoisotopic (exact) mass is 461 g/mol. The number of halogens is 1. The SMILES string of the molecule is COCCOc1ccc(NC(=O)c2cn(-c3ccccc3)nc2-c2ccccc2OC)cc1F. The Kier molecular flexibility index (Phi) is 7.19. The number of aromatic nitrogens is 2. The summed E-state index contributed by atoms with van der Waals surface area (Å²) in [4.78, 5) is 13.3. The van der Waals surface area contributed by atoms with Crippen LogP contribution in [0, 0.1) is 5.82 Å². The first-order valence-electron chi connectivity index (χ1n) is 10.6. The molecule has 34 heavy (non-hydrogen) atoms. The number of para-hydroxylation sites is 2. The third-order valence-electron chi connectivity index (χ3n) is 5.08. The number of anilines is 1. The number of carbonyl (C=O) groups excluding carboxylic acids is 1. The van der Waals surface area contributed by atoms with E-state index in [4.69, 9.17) is 14.2 Å². The molecule has 0 fully saturated rings. The van der Waals surface area contributed by atoms with Crippen LogP contribution >= 0.6 is 0 Å². The summed E-state index contributed by atoms with van der Waals surface area (Å²) in [5.41, 5.74) is 2.51. The molecule has 174 valence electrons. The maximum atomic E-state index is 14.4. The van der Waals surface area contributed by atoms with Crippen molar-refractivity contribution in [3.05, 3.63) is 90.4 Å². The van der Waals surface area contributed by atoms with Crippen LogP contribution in [0.5, 0.6) is 11.5 Å². The second kappa shape index (κ2) is 10.6. The van der Waals surface area contributed by atoms with E-state index in [-0.39, 0.29) is 12.4 Å². The number of ether oxygens (including phenoxy) is 3. The van der Waals surface area contributed by atoms with Gasteiger partial charge in [0.1, 0.15) is 18.1 Å². The van der Waals surface area contributed by atoms with E-state index in [0.717, 1.165) is 5.69 Å². The van der Waals surface area contributed by atoms with Crippen LogP contribution in [0.1, 0.15) is 10.4 Å². The lowest BCUT2D eigenvalue weighted by Gasteiger charge is -2.10. The van der Waals surface area contributed by atoms with Gasteiger partial charge in [-0.25, -0.2) is 9.07 Å². The van der Waals surface area contributed by atoms with E-state index >= 15 is 0 Å². The van der Waals surface area contributed by atoms with Crippen LogP contribution in [0.3, 0.4) is 0 Å². The van der Waals surface area contributed by atoms with Crippen molar-refractivity contribution >= 4 is 11.6 Å². The molecule has 0 aliphatic carbocycles. The van der Waals surface area contributed by atoms with Gasteiger partial charge < -0.3 is 19.5 Å². The molecule has 1 heterocycles. The molecule has 4 rings (SSSR count). The number of hydrogen-bond donors (Lipinski definition) is 1. The van der Waals surface area contributed by atoms with Gasteiger partial charge >= 0.3 is 0 Å².